The fraction of sp³-hybridized carbons (Fsp3) is 0.455. The summed E-state index contributed by atoms with van der Waals surface area (Å²) in [6, 6.07) is 6.28. The van der Waals surface area contributed by atoms with Crippen molar-refractivity contribution in [3.8, 4) is 0 Å². The summed E-state index contributed by atoms with van der Waals surface area (Å²) in [4.78, 5) is 28.5. The highest BCUT2D eigenvalue weighted by Crippen LogP contribution is 2.37. The van der Waals surface area contributed by atoms with Crippen LogP contribution in [0.1, 0.15) is 45.2 Å². The molecule has 1 atom stereocenters. The van der Waals surface area contributed by atoms with Crippen LogP contribution in [0.3, 0.4) is 0 Å². The van der Waals surface area contributed by atoms with Gasteiger partial charge in [-0.05, 0) is 46.2 Å². The number of sulfonamides is 1. The maximum Gasteiger partial charge on any atom is 0.416 e. The number of amides is 1. The largest absolute Gasteiger partial charge is 0.481 e. The smallest absolute Gasteiger partial charge is 0.416 e. The molecule has 1 aromatic carbocycles. The van der Waals surface area contributed by atoms with Gasteiger partial charge in [-0.2, -0.15) is 18.6 Å². The second-order valence-electron chi connectivity index (χ2n) is 9.25. The summed E-state index contributed by atoms with van der Waals surface area (Å²) in [5.74, 6) is -0.774. The van der Waals surface area contributed by atoms with E-state index in [2.05, 4.69) is 15.0 Å². The van der Waals surface area contributed by atoms with Gasteiger partial charge >= 0.3 is 12.1 Å². The number of hydrazone groups is 1. The molecular formula is C22H29N5O6S. The van der Waals surface area contributed by atoms with Gasteiger partial charge in [0.05, 0.1) is 29.4 Å². The standard InChI is InChI=1S/C22H29N5O6S/c1-6-22(19(28)29)13-26(20(30)33-21(3,4)5)18-16(12-24-27(18)14-22)11-23-25-34(31,32)17-9-7-15(2)8-10-17/h7-12,25H,6,13-14H2,1-5H3,(H,28,29). The van der Waals surface area contributed by atoms with Gasteiger partial charge in [-0.15, -0.1) is 0 Å². The predicted molar refractivity (Wildman–Crippen MR) is 125 cm³/mol. The summed E-state index contributed by atoms with van der Waals surface area (Å²) in [5, 5.41) is 18.0. The number of aliphatic carboxylic acids is 1. The molecule has 0 bridgehead atoms. The van der Waals surface area contributed by atoms with Crippen molar-refractivity contribution in [2.45, 2.75) is 58.1 Å². The zero-order valence-corrected chi connectivity index (χ0v) is 20.6. The lowest BCUT2D eigenvalue weighted by Crippen LogP contribution is -2.53. The van der Waals surface area contributed by atoms with Crippen molar-refractivity contribution < 1.29 is 27.9 Å². The average Bonchev–Trinajstić information content (AvgIpc) is 3.14. The third-order valence-corrected chi connectivity index (χ3v) is 6.70. The molecule has 1 aliphatic rings. The number of carbonyl (C=O) groups excluding carboxylic acids is 1. The van der Waals surface area contributed by atoms with Crippen molar-refractivity contribution >= 4 is 34.1 Å². The van der Waals surface area contributed by atoms with Gasteiger partial charge in [-0.25, -0.2) is 14.3 Å². The molecule has 0 saturated heterocycles. The van der Waals surface area contributed by atoms with Crippen LogP contribution in [-0.4, -0.2) is 53.7 Å². The Bertz CT molecular complexity index is 1210. The first kappa shape index (κ1) is 25.2. The number of anilines is 1. The molecular weight excluding hydrogens is 462 g/mol. The fourth-order valence-electron chi connectivity index (χ4n) is 3.52. The molecule has 2 N–H and O–H groups in total. The van der Waals surface area contributed by atoms with Crippen LogP contribution in [-0.2, 0) is 26.1 Å². The van der Waals surface area contributed by atoms with E-state index in [1.807, 2.05) is 6.92 Å². The van der Waals surface area contributed by atoms with E-state index < -0.39 is 33.1 Å². The Hall–Kier alpha value is -3.41. The Morgan fingerprint density at radius 1 is 1.26 bits per heavy atom. The number of carboxylic acids is 1. The molecule has 1 unspecified atom stereocenters. The lowest BCUT2D eigenvalue weighted by Gasteiger charge is -2.40. The van der Waals surface area contributed by atoms with E-state index in [1.54, 1.807) is 39.8 Å². The minimum Gasteiger partial charge on any atom is -0.481 e. The number of benzene rings is 1. The van der Waals surface area contributed by atoms with Gasteiger partial charge < -0.3 is 9.84 Å². The van der Waals surface area contributed by atoms with Crippen molar-refractivity contribution in [3.63, 3.8) is 0 Å². The number of aryl methyl sites for hydroxylation is 1. The van der Waals surface area contributed by atoms with Crippen LogP contribution < -0.4 is 9.73 Å². The third kappa shape index (κ3) is 5.22. The summed E-state index contributed by atoms with van der Waals surface area (Å²) in [7, 11) is -3.90. The number of carbonyl (C=O) groups is 2. The number of carboxylic acid groups (broad SMARTS) is 1. The van der Waals surface area contributed by atoms with Crippen molar-refractivity contribution in [3.05, 3.63) is 41.6 Å². The molecule has 11 nitrogen and oxygen atoms in total. The van der Waals surface area contributed by atoms with Crippen molar-refractivity contribution in [2.75, 3.05) is 11.4 Å². The van der Waals surface area contributed by atoms with Gasteiger partial charge in [0.2, 0.25) is 0 Å². The molecule has 1 aliphatic heterocycles. The molecule has 0 radical (unpaired) electrons. The molecule has 0 aliphatic carbocycles. The molecule has 3 rings (SSSR count). The normalized spacial score (nSPS) is 18.6. The third-order valence-electron chi connectivity index (χ3n) is 5.46. The predicted octanol–water partition coefficient (Wildman–Crippen LogP) is 2.74. The SMILES string of the molecule is CCC1(C(=O)O)CN(C(=O)OC(C)(C)C)c2c(C=NNS(=O)(=O)c3ccc(C)cc3)cnn2C1. The Labute approximate surface area is 198 Å². The summed E-state index contributed by atoms with van der Waals surface area (Å²) in [6.45, 7) is 8.61. The van der Waals surface area contributed by atoms with Crippen molar-refractivity contribution in [2.24, 2.45) is 10.5 Å². The quantitative estimate of drug-likeness (QED) is 0.467. The van der Waals surface area contributed by atoms with Crippen molar-refractivity contribution in [1.82, 2.24) is 14.6 Å². The molecule has 0 spiro atoms. The van der Waals surface area contributed by atoms with Crippen LogP contribution in [0.15, 0.2) is 40.5 Å². The van der Waals surface area contributed by atoms with Crippen LogP contribution in [0.5, 0.6) is 0 Å². The van der Waals surface area contributed by atoms with Gasteiger partial charge in [0, 0.05) is 6.54 Å². The van der Waals surface area contributed by atoms with Crippen LogP contribution in [0.2, 0.25) is 0 Å². The number of fused-ring (bicyclic) bond motifs is 1. The van der Waals surface area contributed by atoms with Crippen LogP contribution in [0, 0.1) is 12.3 Å². The highest BCUT2D eigenvalue weighted by molar-refractivity contribution is 7.89. The first-order chi connectivity index (χ1) is 15.8. The first-order valence-corrected chi connectivity index (χ1v) is 12.2. The summed E-state index contributed by atoms with van der Waals surface area (Å²) in [5.41, 5.74) is -0.819. The van der Waals surface area contributed by atoms with Gasteiger partial charge in [-0.1, -0.05) is 24.6 Å². The molecule has 12 heteroatoms. The number of nitrogens with zero attached hydrogens (tertiary/aromatic N) is 4. The number of hydrogen-bond acceptors (Lipinski definition) is 7. The molecule has 0 fully saturated rings. The summed E-state index contributed by atoms with van der Waals surface area (Å²) >= 11 is 0. The molecule has 1 amide bonds. The molecule has 2 heterocycles. The zero-order chi connectivity index (χ0) is 25.3. The lowest BCUT2D eigenvalue weighted by molar-refractivity contribution is -0.150. The van der Waals surface area contributed by atoms with E-state index >= 15 is 0 Å². The van der Waals surface area contributed by atoms with Gasteiger partial charge in [0.15, 0.2) is 0 Å². The first-order valence-electron chi connectivity index (χ1n) is 10.7. The van der Waals surface area contributed by atoms with Crippen molar-refractivity contribution in [1.29, 1.82) is 0 Å². The van der Waals surface area contributed by atoms with E-state index in [9.17, 15) is 23.1 Å². The Balaban J connectivity index is 1.94. The van der Waals surface area contributed by atoms with E-state index in [4.69, 9.17) is 4.74 Å². The van der Waals surface area contributed by atoms with Gasteiger partial charge in [0.25, 0.3) is 10.0 Å². The monoisotopic (exact) mass is 491 g/mol. The maximum absolute atomic E-state index is 13.0. The summed E-state index contributed by atoms with van der Waals surface area (Å²) < 4.78 is 31.9. The fourth-order valence-corrected chi connectivity index (χ4v) is 4.31. The number of rotatable bonds is 6. The van der Waals surface area contributed by atoms with Crippen LogP contribution >= 0.6 is 0 Å². The van der Waals surface area contributed by atoms with E-state index in [1.165, 1.54) is 34.1 Å². The second-order valence-corrected chi connectivity index (χ2v) is 10.9. The van der Waals surface area contributed by atoms with E-state index in [0.717, 1.165) is 5.56 Å². The van der Waals surface area contributed by atoms with E-state index in [0.29, 0.717) is 5.56 Å². The average molecular weight is 492 g/mol. The highest BCUT2D eigenvalue weighted by atomic mass is 32.2. The molecule has 0 saturated carbocycles. The summed E-state index contributed by atoms with van der Waals surface area (Å²) in [6.07, 6.45) is 2.15. The molecule has 2 aromatic rings. The van der Waals surface area contributed by atoms with Crippen LogP contribution in [0.4, 0.5) is 10.6 Å². The lowest BCUT2D eigenvalue weighted by atomic mass is 9.83. The number of hydrogen-bond donors (Lipinski definition) is 2. The topological polar surface area (TPSA) is 143 Å². The van der Waals surface area contributed by atoms with E-state index in [-0.39, 0.29) is 30.2 Å². The Morgan fingerprint density at radius 2 is 1.91 bits per heavy atom. The Morgan fingerprint density at radius 3 is 2.47 bits per heavy atom. The maximum atomic E-state index is 13.0. The van der Waals surface area contributed by atoms with Crippen LogP contribution in [0.25, 0.3) is 0 Å². The number of nitrogens with one attached hydrogen (secondary N) is 1. The van der Waals surface area contributed by atoms with Gasteiger partial charge in [-0.3, -0.25) is 9.69 Å². The van der Waals surface area contributed by atoms with Gasteiger partial charge in [0.1, 0.15) is 16.8 Å². The minimum absolute atomic E-state index is 0.0381. The molecule has 184 valence electrons. The minimum atomic E-state index is -3.90. The number of aromatic nitrogens is 2. The Kier molecular flexibility index (Phi) is 6.74. The number of ether oxygens (including phenoxy) is 1. The zero-order valence-electron chi connectivity index (χ0n) is 19.8. The second kappa shape index (κ2) is 9.09. The highest BCUT2D eigenvalue weighted by Gasteiger charge is 2.47. The molecule has 34 heavy (non-hydrogen) atoms. The molecule has 1 aromatic heterocycles.